The monoisotopic (exact) mass is 455 g/mol. The molecule has 0 saturated carbocycles. The van der Waals surface area contributed by atoms with E-state index < -0.39 is 25.0 Å². The zero-order valence-corrected chi connectivity index (χ0v) is 18.0. The average molecular weight is 456 g/mol. The fourth-order valence-electron chi connectivity index (χ4n) is 3.20. The van der Waals surface area contributed by atoms with Crippen LogP contribution in [0.15, 0.2) is 46.2 Å². The van der Waals surface area contributed by atoms with Crippen LogP contribution >= 0.6 is 0 Å². The molecular weight excluding hydrogens is 434 g/mol. The van der Waals surface area contributed by atoms with Crippen molar-refractivity contribution < 1.29 is 26.5 Å². The summed E-state index contributed by atoms with van der Waals surface area (Å²) in [5.41, 5.74) is -0.158. The van der Waals surface area contributed by atoms with Crippen LogP contribution in [0.1, 0.15) is 18.4 Å². The van der Waals surface area contributed by atoms with Crippen LogP contribution in [0.4, 0.5) is 11.4 Å². The fourth-order valence-corrected chi connectivity index (χ4v) is 6.07. The number of ether oxygens (including phenoxy) is 1. The predicted molar refractivity (Wildman–Crippen MR) is 110 cm³/mol. The van der Waals surface area contributed by atoms with Gasteiger partial charge < -0.3 is 4.74 Å². The van der Waals surface area contributed by atoms with E-state index in [1.165, 1.54) is 48.7 Å². The van der Waals surface area contributed by atoms with Crippen molar-refractivity contribution in [3.8, 4) is 5.75 Å². The summed E-state index contributed by atoms with van der Waals surface area (Å²) >= 11 is 0. The van der Waals surface area contributed by atoms with Gasteiger partial charge in [0.15, 0.2) is 0 Å². The molecule has 0 spiro atoms. The van der Waals surface area contributed by atoms with Crippen molar-refractivity contribution in [1.82, 2.24) is 4.31 Å². The van der Waals surface area contributed by atoms with Gasteiger partial charge >= 0.3 is 0 Å². The van der Waals surface area contributed by atoms with Gasteiger partial charge in [-0.05, 0) is 43.5 Å². The summed E-state index contributed by atoms with van der Waals surface area (Å²) in [5.74, 6) is 0.113. The van der Waals surface area contributed by atoms with Crippen molar-refractivity contribution in [3.05, 3.63) is 52.1 Å². The maximum atomic E-state index is 12.9. The lowest BCUT2D eigenvalue weighted by Crippen LogP contribution is -2.28. The molecule has 0 aromatic heterocycles. The summed E-state index contributed by atoms with van der Waals surface area (Å²) in [4.78, 5) is 9.98. The molecule has 0 amide bonds. The third kappa shape index (κ3) is 4.25. The summed E-state index contributed by atoms with van der Waals surface area (Å²) < 4.78 is 60.3. The number of aryl methyl sites for hydroxylation is 1. The molecule has 1 fully saturated rings. The van der Waals surface area contributed by atoms with E-state index >= 15 is 0 Å². The van der Waals surface area contributed by atoms with Gasteiger partial charge in [-0.15, -0.1) is 0 Å². The Morgan fingerprint density at radius 2 is 1.73 bits per heavy atom. The molecule has 0 radical (unpaired) electrons. The van der Waals surface area contributed by atoms with Crippen molar-refractivity contribution >= 4 is 31.4 Å². The largest absolute Gasteiger partial charge is 0.495 e. The molecule has 10 nitrogen and oxygen atoms in total. The highest BCUT2D eigenvalue weighted by Crippen LogP contribution is 2.32. The molecule has 1 heterocycles. The first-order valence-corrected chi connectivity index (χ1v) is 11.9. The van der Waals surface area contributed by atoms with E-state index in [1.807, 2.05) is 0 Å². The second-order valence-corrected chi connectivity index (χ2v) is 10.4. The summed E-state index contributed by atoms with van der Waals surface area (Å²) in [6, 6.07) is 7.39. The maximum Gasteiger partial charge on any atom is 0.270 e. The highest BCUT2D eigenvalue weighted by Gasteiger charge is 2.29. The number of nitro groups is 1. The first-order chi connectivity index (χ1) is 14.1. The molecular formula is C18H21N3O7S2. The Hall–Kier alpha value is -2.70. The minimum absolute atomic E-state index is 0.0707. The number of non-ortho nitro benzene ring substituents is 1. The van der Waals surface area contributed by atoms with Gasteiger partial charge in [0.2, 0.25) is 10.0 Å². The molecule has 1 aliphatic rings. The van der Waals surface area contributed by atoms with E-state index in [0.29, 0.717) is 18.7 Å². The molecule has 162 valence electrons. The Bertz CT molecular complexity index is 1190. The summed E-state index contributed by atoms with van der Waals surface area (Å²) in [5, 5.41) is 11.0. The molecule has 1 saturated heterocycles. The van der Waals surface area contributed by atoms with Crippen LogP contribution in [-0.2, 0) is 20.0 Å². The molecule has 2 aromatic rings. The number of hydrogen-bond donors (Lipinski definition) is 1. The number of methoxy groups -OCH3 is 1. The van der Waals surface area contributed by atoms with Crippen LogP contribution < -0.4 is 9.46 Å². The van der Waals surface area contributed by atoms with E-state index in [0.717, 1.165) is 18.9 Å². The number of sulfonamides is 2. The van der Waals surface area contributed by atoms with Gasteiger partial charge in [-0.25, -0.2) is 16.8 Å². The Labute approximate surface area is 174 Å². The Balaban J connectivity index is 2.03. The van der Waals surface area contributed by atoms with Crippen molar-refractivity contribution in [3.63, 3.8) is 0 Å². The lowest BCUT2D eigenvalue weighted by molar-refractivity contribution is -0.385. The maximum absolute atomic E-state index is 12.9. The lowest BCUT2D eigenvalue weighted by atomic mass is 10.2. The van der Waals surface area contributed by atoms with E-state index in [9.17, 15) is 26.9 Å². The molecule has 0 atom stereocenters. The zero-order valence-electron chi connectivity index (χ0n) is 16.4. The van der Waals surface area contributed by atoms with Crippen molar-refractivity contribution in [2.75, 3.05) is 24.9 Å². The summed E-state index contributed by atoms with van der Waals surface area (Å²) in [6.45, 7) is 2.31. The Kier molecular flexibility index (Phi) is 6.01. The molecule has 0 bridgehead atoms. The molecule has 0 unspecified atom stereocenters. The van der Waals surface area contributed by atoms with E-state index in [1.54, 1.807) is 0 Å². The number of benzene rings is 2. The van der Waals surface area contributed by atoms with Crippen LogP contribution in [0.2, 0.25) is 0 Å². The smallest absolute Gasteiger partial charge is 0.270 e. The van der Waals surface area contributed by atoms with Crippen LogP contribution in [0.5, 0.6) is 5.75 Å². The number of nitrogens with zero attached hydrogens (tertiary/aromatic N) is 2. The number of nitro benzene ring substituents is 1. The van der Waals surface area contributed by atoms with Crippen LogP contribution in [0, 0.1) is 17.0 Å². The lowest BCUT2D eigenvalue weighted by Gasteiger charge is -2.18. The zero-order chi connectivity index (χ0) is 22.1. The molecule has 2 aromatic carbocycles. The highest BCUT2D eigenvalue weighted by molar-refractivity contribution is 7.92. The second-order valence-electron chi connectivity index (χ2n) is 6.79. The summed E-state index contributed by atoms with van der Waals surface area (Å²) in [6.07, 6.45) is 1.53. The third-order valence-electron chi connectivity index (χ3n) is 4.79. The fraction of sp³-hybridized carbons (Fsp3) is 0.333. The van der Waals surface area contributed by atoms with Crippen molar-refractivity contribution in [1.29, 1.82) is 0 Å². The summed E-state index contributed by atoms with van der Waals surface area (Å²) in [7, 11) is -6.72. The quantitative estimate of drug-likeness (QED) is 0.500. The number of anilines is 1. The van der Waals surface area contributed by atoms with Gasteiger partial charge in [0.05, 0.1) is 27.5 Å². The van der Waals surface area contributed by atoms with Gasteiger partial charge in [-0.3, -0.25) is 14.8 Å². The normalized spacial score (nSPS) is 15.1. The minimum Gasteiger partial charge on any atom is -0.495 e. The minimum atomic E-state index is -4.26. The van der Waals surface area contributed by atoms with Crippen molar-refractivity contribution in [2.45, 2.75) is 29.6 Å². The molecule has 0 aliphatic carbocycles. The first-order valence-electron chi connectivity index (χ1n) is 9.02. The highest BCUT2D eigenvalue weighted by atomic mass is 32.2. The number of nitrogens with one attached hydrogen (secondary N) is 1. The van der Waals surface area contributed by atoms with E-state index in [4.69, 9.17) is 4.74 Å². The Morgan fingerprint density at radius 3 is 2.33 bits per heavy atom. The van der Waals surface area contributed by atoms with Gasteiger partial charge in [-0.1, -0.05) is 6.07 Å². The van der Waals surface area contributed by atoms with E-state index in [2.05, 4.69) is 4.72 Å². The molecule has 1 aliphatic heterocycles. The molecule has 12 heteroatoms. The van der Waals surface area contributed by atoms with Crippen LogP contribution in [0.3, 0.4) is 0 Å². The third-order valence-corrected chi connectivity index (χ3v) is 8.19. The molecule has 1 N–H and O–H groups in total. The second kappa shape index (κ2) is 8.20. The topological polar surface area (TPSA) is 136 Å². The predicted octanol–water partition coefficient (Wildman–Crippen LogP) is 2.50. The molecule has 30 heavy (non-hydrogen) atoms. The van der Waals surface area contributed by atoms with Crippen LogP contribution in [0.25, 0.3) is 0 Å². The van der Waals surface area contributed by atoms with Gasteiger partial charge in [0, 0.05) is 25.2 Å². The molecule has 3 rings (SSSR count). The number of rotatable bonds is 7. The average Bonchev–Trinajstić information content (AvgIpc) is 3.23. The van der Waals surface area contributed by atoms with Crippen LogP contribution in [-0.4, -0.2) is 46.3 Å². The Morgan fingerprint density at radius 1 is 1.07 bits per heavy atom. The van der Waals surface area contributed by atoms with Crippen molar-refractivity contribution in [2.24, 2.45) is 0 Å². The standard InChI is InChI=1S/C18H21N3O7S2/c1-13-5-6-14(21(22)23)11-18(13)29(24,25)19-16-12-15(7-8-17(16)28-2)30(26,27)20-9-3-4-10-20/h5-8,11-12,19H,3-4,9-10H2,1-2H3. The van der Waals surface area contributed by atoms with Gasteiger partial charge in [0.1, 0.15) is 5.75 Å². The SMILES string of the molecule is COc1ccc(S(=O)(=O)N2CCCC2)cc1NS(=O)(=O)c1cc([N+](=O)[O-])ccc1C. The first kappa shape index (κ1) is 22.0. The van der Waals surface area contributed by atoms with E-state index in [-0.39, 0.29) is 26.9 Å². The number of hydrogen-bond acceptors (Lipinski definition) is 7. The van der Waals surface area contributed by atoms with Gasteiger partial charge in [-0.2, -0.15) is 4.31 Å². The van der Waals surface area contributed by atoms with Gasteiger partial charge in [0.25, 0.3) is 15.7 Å².